The Kier molecular flexibility index (Phi) is 6.20. The third-order valence-corrected chi connectivity index (χ3v) is 3.62. The average molecular weight is 316 g/mol. The zero-order valence-corrected chi connectivity index (χ0v) is 14.0. The molecule has 5 nitrogen and oxygen atoms in total. The Labute approximate surface area is 137 Å². The molecular weight excluding hydrogens is 292 g/mol. The molecule has 1 aromatic carbocycles. The van der Waals surface area contributed by atoms with Gasteiger partial charge in [0.05, 0.1) is 13.3 Å². The predicted molar refractivity (Wildman–Crippen MR) is 89.3 cm³/mol. The Morgan fingerprint density at radius 3 is 2.74 bits per heavy atom. The van der Waals surface area contributed by atoms with Crippen LogP contribution in [0.1, 0.15) is 39.0 Å². The van der Waals surface area contributed by atoms with Crippen molar-refractivity contribution in [3.8, 4) is 17.1 Å². The van der Waals surface area contributed by atoms with Gasteiger partial charge < -0.3 is 14.5 Å². The van der Waals surface area contributed by atoms with Crippen LogP contribution in [-0.4, -0.2) is 24.0 Å². The summed E-state index contributed by atoms with van der Waals surface area (Å²) in [5, 5.41) is 2.98. The van der Waals surface area contributed by atoms with Crippen molar-refractivity contribution in [3.63, 3.8) is 0 Å². The van der Waals surface area contributed by atoms with Crippen molar-refractivity contribution in [1.82, 2.24) is 10.3 Å². The van der Waals surface area contributed by atoms with Gasteiger partial charge in [0, 0.05) is 24.4 Å². The Morgan fingerprint density at radius 2 is 2.09 bits per heavy atom. The largest absolute Gasteiger partial charge is 0.497 e. The smallest absolute Gasteiger partial charge is 0.220 e. The molecule has 1 aromatic heterocycles. The topological polar surface area (TPSA) is 64.4 Å². The second-order valence-electron chi connectivity index (χ2n) is 5.60. The van der Waals surface area contributed by atoms with E-state index in [9.17, 15) is 4.79 Å². The lowest BCUT2D eigenvalue weighted by Crippen LogP contribution is -2.32. The third-order valence-electron chi connectivity index (χ3n) is 3.62. The molecule has 0 unspecified atom stereocenters. The van der Waals surface area contributed by atoms with Crippen molar-refractivity contribution in [2.45, 2.75) is 45.6 Å². The van der Waals surface area contributed by atoms with E-state index in [1.165, 1.54) is 0 Å². The first-order valence-electron chi connectivity index (χ1n) is 8.01. The summed E-state index contributed by atoms with van der Waals surface area (Å²) in [6, 6.07) is 7.80. The van der Waals surface area contributed by atoms with E-state index < -0.39 is 0 Å². The summed E-state index contributed by atoms with van der Waals surface area (Å²) in [7, 11) is 1.63. The van der Waals surface area contributed by atoms with Gasteiger partial charge in [-0.25, -0.2) is 4.98 Å². The molecule has 1 amide bonds. The second kappa shape index (κ2) is 8.36. The molecule has 1 N–H and O–H groups in total. The fourth-order valence-corrected chi connectivity index (χ4v) is 2.39. The van der Waals surface area contributed by atoms with Crippen molar-refractivity contribution in [1.29, 1.82) is 0 Å². The maximum Gasteiger partial charge on any atom is 0.220 e. The fraction of sp³-hybridized carbons (Fsp3) is 0.444. The van der Waals surface area contributed by atoms with Crippen LogP contribution in [0.5, 0.6) is 5.75 Å². The monoisotopic (exact) mass is 316 g/mol. The van der Waals surface area contributed by atoms with Gasteiger partial charge in [-0.05, 0) is 37.6 Å². The molecule has 1 atom stereocenters. The van der Waals surface area contributed by atoms with E-state index in [2.05, 4.69) is 17.2 Å². The molecular formula is C18H24N2O3. The van der Waals surface area contributed by atoms with Crippen LogP contribution in [0.25, 0.3) is 11.3 Å². The summed E-state index contributed by atoms with van der Waals surface area (Å²) in [4.78, 5) is 16.1. The lowest BCUT2D eigenvalue weighted by molar-refractivity contribution is -0.121. The van der Waals surface area contributed by atoms with Gasteiger partial charge in [0.1, 0.15) is 5.75 Å². The van der Waals surface area contributed by atoms with Crippen LogP contribution in [0.4, 0.5) is 0 Å². The number of aromatic nitrogens is 1. The zero-order chi connectivity index (χ0) is 16.7. The highest BCUT2D eigenvalue weighted by molar-refractivity contribution is 5.76. The number of nitrogens with one attached hydrogen (secondary N) is 1. The minimum atomic E-state index is 0.0372. The van der Waals surface area contributed by atoms with E-state index in [-0.39, 0.29) is 11.9 Å². The molecule has 1 heterocycles. The zero-order valence-electron chi connectivity index (χ0n) is 14.0. The molecule has 0 aliphatic carbocycles. The minimum absolute atomic E-state index is 0.0372. The van der Waals surface area contributed by atoms with E-state index in [1.54, 1.807) is 13.3 Å². The molecule has 0 fully saturated rings. The summed E-state index contributed by atoms with van der Waals surface area (Å²) in [6.45, 7) is 4.13. The van der Waals surface area contributed by atoms with Crippen LogP contribution >= 0.6 is 0 Å². The van der Waals surface area contributed by atoms with Crippen LogP contribution in [-0.2, 0) is 11.2 Å². The molecule has 23 heavy (non-hydrogen) atoms. The normalized spacial score (nSPS) is 12.0. The van der Waals surface area contributed by atoms with Crippen molar-refractivity contribution in [3.05, 3.63) is 36.4 Å². The SMILES string of the molecule is CCC[C@H](C)NC(=O)CCc1ncc(-c2ccc(OC)cc2)o1. The number of methoxy groups -OCH3 is 1. The van der Waals surface area contributed by atoms with Gasteiger partial charge in [-0.1, -0.05) is 13.3 Å². The number of hydrogen-bond donors (Lipinski definition) is 1. The quantitative estimate of drug-likeness (QED) is 0.808. The van der Waals surface area contributed by atoms with Gasteiger partial charge in [-0.3, -0.25) is 4.79 Å². The van der Waals surface area contributed by atoms with Crippen molar-refractivity contribution in [2.75, 3.05) is 7.11 Å². The Balaban J connectivity index is 1.88. The molecule has 124 valence electrons. The summed E-state index contributed by atoms with van der Waals surface area (Å²) >= 11 is 0. The van der Waals surface area contributed by atoms with E-state index in [0.717, 1.165) is 24.2 Å². The maximum absolute atomic E-state index is 11.9. The van der Waals surface area contributed by atoms with E-state index >= 15 is 0 Å². The Hall–Kier alpha value is -2.30. The highest BCUT2D eigenvalue weighted by Crippen LogP contribution is 2.23. The second-order valence-corrected chi connectivity index (χ2v) is 5.60. The third kappa shape index (κ3) is 5.13. The lowest BCUT2D eigenvalue weighted by atomic mass is 10.2. The highest BCUT2D eigenvalue weighted by Gasteiger charge is 2.10. The molecule has 5 heteroatoms. The van der Waals surface area contributed by atoms with Gasteiger partial charge in [-0.15, -0.1) is 0 Å². The van der Waals surface area contributed by atoms with Crippen LogP contribution < -0.4 is 10.1 Å². The van der Waals surface area contributed by atoms with E-state index in [4.69, 9.17) is 9.15 Å². The molecule has 0 radical (unpaired) electrons. The van der Waals surface area contributed by atoms with Crippen LogP contribution in [0.15, 0.2) is 34.9 Å². The molecule has 2 aromatic rings. The molecule has 0 saturated heterocycles. The summed E-state index contributed by atoms with van der Waals surface area (Å²) in [5.41, 5.74) is 0.936. The maximum atomic E-state index is 11.9. The molecule has 0 saturated carbocycles. The van der Waals surface area contributed by atoms with Crippen LogP contribution in [0.2, 0.25) is 0 Å². The number of nitrogens with zero attached hydrogens (tertiary/aromatic N) is 1. The first-order valence-corrected chi connectivity index (χ1v) is 8.01. The Bertz CT molecular complexity index is 619. The van der Waals surface area contributed by atoms with Gasteiger partial charge >= 0.3 is 0 Å². The number of hydrogen-bond acceptors (Lipinski definition) is 4. The van der Waals surface area contributed by atoms with Gasteiger partial charge in [-0.2, -0.15) is 0 Å². The summed E-state index contributed by atoms with van der Waals surface area (Å²) in [5.74, 6) is 2.11. The molecule has 0 spiro atoms. The predicted octanol–water partition coefficient (Wildman–Crippen LogP) is 3.59. The number of carbonyl (C=O) groups excluding carboxylic acids is 1. The summed E-state index contributed by atoms with van der Waals surface area (Å²) in [6.07, 6.45) is 4.63. The van der Waals surface area contributed by atoms with Gasteiger partial charge in [0.15, 0.2) is 11.7 Å². The van der Waals surface area contributed by atoms with E-state index in [1.807, 2.05) is 31.2 Å². The van der Waals surface area contributed by atoms with Crippen molar-refractivity contribution < 1.29 is 13.9 Å². The highest BCUT2D eigenvalue weighted by atomic mass is 16.5. The summed E-state index contributed by atoms with van der Waals surface area (Å²) < 4.78 is 10.8. The molecule has 2 rings (SSSR count). The van der Waals surface area contributed by atoms with Crippen LogP contribution in [0, 0.1) is 0 Å². The minimum Gasteiger partial charge on any atom is -0.497 e. The number of ether oxygens (including phenoxy) is 1. The molecule has 0 bridgehead atoms. The van der Waals surface area contributed by atoms with E-state index in [0.29, 0.717) is 24.5 Å². The number of carbonyl (C=O) groups is 1. The molecule has 0 aliphatic heterocycles. The number of benzene rings is 1. The number of amides is 1. The van der Waals surface area contributed by atoms with Gasteiger partial charge in [0.2, 0.25) is 5.91 Å². The van der Waals surface area contributed by atoms with Crippen molar-refractivity contribution in [2.24, 2.45) is 0 Å². The van der Waals surface area contributed by atoms with Gasteiger partial charge in [0.25, 0.3) is 0 Å². The number of aryl methyl sites for hydroxylation is 1. The lowest BCUT2D eigenvalue weighted by Gasteiger charge is -2.11. The Morgan fingerprint density at radius 1 is 1.35 bits per heavy atom. The van der Waals surface area contributed by atoms with Crippen LogP contribution in [0.3, 0.4) is 0 Å². The molecule has 0 aliphatic rings. The standard InChI is InChI=1S/C18H24N2O3/c1-4-5-13(2)20-17(21)10-11-18-19-12-16(23-18)14-6-8-15(22-3)9-7-14/h6-9,12-13H,4-5,10-11H2,1-3H3,(H,20,21)/t13-/m0/s1. The first-order chi connectivity index (χ1) is 11.1. The number of rotatable bonds is 8. The fourth-order valence-electron chi connectivity index (χ4n) is 2.39. The average Bonchev–Trinajstić information content (AvgIpc) is 3.02. The first kappa shape index (κ1) is 17.1. The number of oxazole rings is 1. The van der Waals surface area contributed by atoms with Crippen molar-refractivity contribution >= 4 is 5.91 Å².